The number of carbonyl (C=O) groups is 1. The molecule has 1 aromatic carbocycles. The van der Waals surface area contributed by atoms with Crippen molar-refractivity contribution in [2.45, 2.75) is 26.7 Å². The zero-order chi connectivity index (χ0) is 20.8. The molecule has 0 spiro atoms. The summed E-state index contributed by atoms with van der Waals surface area (Å²) in [5.41, 5.74) is 6.25. The smallest absolute Gasteiger partial charge is 0.223 e. The molecular weight excluding hydrogens is 398 g/mol. The van der Waals surface area contributed by atoms with Crippen molar-refractivity contribution in [3.63, 3.8) is 0 Å². The molecule has 3 aromatic heterocycles. The highest BCUT2D eigenvalue weighted by Gasteiger charge is 2.30. The number of para-hydroxylation sites is 2. The first-order valence-corrected chi connectivity index (χ1v) is 10.4. The fourth-order valence-corrected chi connectivity index (χ4v) is 4.85. The SMILES string of the molecule is CC(=O)Nc1nc2c(s1)-c1c(c(-c3ccc(C)nc3)nn1-c1ccccc1O)CC2. The van der Waals surface area contributed by atoms with Gasteiger partial charge >= 0.3 is 0 Å². The molecule has 0 saturated carbocycles. The number of aryl methyl sites for hydroxylation is 2. The van der Waals surface area contributed by atoms with Gasteiger partial charge in [-0.15, -0.1) is 0 Å². The first-order chi connectivity index (χ1) is 14.5. The van der Waals surface area contributed by atoms with E-state index >= 15 is 0 Å². The molecule has 1 amide bonds. The van der Waals surface area contributed by atoms with Crippen LogP contribution in [0.5, 0.6) is 5.75 Å². The van der Waals surface area contributed by atoms with Crippen LogP contribution in [0.3, 0.4) is 0 Å². The monoisotopic (exact) mass is 417 g/mol. The van der Waals surface area contributed by atoms with E-state index in [0.29, 0.717) is 10.8 Å². The van der Waals surface area contributed by atoms with E-state index in [4.69, 9.17) is 5.10 Å². The van der Waals surface area contributed by atoms with E-state index in [2.05, 4.69) is 15.3 Å². The maximum Gasteiger partial charge on any atom is 0.223 e. The van der Waals surface area contributed by atoms with E-state index in [1.807, 2.05) is 37.4 Å². The van der Waals surface area contributed by atoms with Crippen molar-refractivity contribution >= 4 is 22.4 Å². The van der Waals surface area contributed by atoms with Crippen LogP contribution in [-0.4, -0.2) is 30.8 Å². The van der Waals surface area contributed by atoms with Gasteiger partial charge in [-0.1, -0.05) is 23.5 Å². The second-order valence-electron chi connectivity index (χ2n) is 7.24. The minimum Gasteiger partial charge on any atom is -0.506 e. The number of thiazole rings is 1. The second-order valence-corrected chi connectivity index (χ2v) is 8.24. The van der Waals surface area contributed by atoms with Gasteiger partial charge < -0.3 is 10.4 Å². The molecular formula is C22H19N5O2S. The lowest BCUT2D eigenvalue weighted by molar-refractivity contribution is -0.114. The Bertz CT molecular complexity index is 1270. The van der Waals surface area contributed by atoms with Crippen molar-refractivity contribution in [2.24, 2.45) is 0 Å². The van der Waals surface area contributed by atoms with Crippen molar-refractivity contribution in [3.8, 4) is 33.3 Å². The number of nitrogens with zero attached hydrogens (tertiary/aromatic N) is 4. The quantitative estimate of drug-likeness (QED) is 0.523. The molecule has 30 heavy (non-hydrogen) atoms. The van der Waals surface area contributed by atoms with E-state index in [1.54, 1.807) is 16.8 Å². The number of hydrogen-bond donors (Lipinski definition) is 2. The Morgan fingerprint density at radius 3 is 2.77 bits per heavy atom. The fourth-order valence-electron chi connectivity index (χ4n) is 3.73. The Labute approximate surface area is 177 Å². The summed E-state index contributed by atoms with van der Waals surface area (Å²) in [7, 11) is 0. The van der Waals surface area contributed by atoms with Crippen molar-refractivity contribution < 1.29 is 9.90 Å². The molecule has 7 nitrogen and oxygen atoms in total. The van der Waals surface area contributed by atoms with Crippen molar-refractivity contribution in [1.29, 1.82) is 0 Å². The number of hydrogen-bond acceptors (Lipinski definition) is 6. The van der Waals surface area contributed by atoms with Gasteiger partial charge in [0.1, 0.15) is 11.4 Å². The first kappa shape index (κ1) is 18.5. The number of phenols is 1. The number of phenolic OH excluding ortho intramolecular Hbond substituents is 1. The summed E-state index contributed by atoms with van der Waals surface area (Å²) in [6.07, 6.45) is 3.36. The average molecular weight is 417 g/mol. The second kappa shape index (κ2) is 7.07. The number of carbonyl (C=O) groups excluding carboxylic acids is 1. The lowest BCUT2D eigenvalue weighted by Crippen LogP contribution is -2.07. The number of nitrogens with one attached hydrogen (secondary N) is 1. The van der Waals surface area contributed by atoms with Crippen molar-refractivity contribution in [3.05, 3.63) is 59.5 Å². The van der Waals surface area contributed by atoms with Crippen LogP contribution < -0.4 is 5.32 Å². The predicted molar refractivity (Wildman–Crippen MR) is 116 cm³/mol. The van der Waals surface area contributed by atoms with Gasteiger partial charge in [0.05, 0.1) is 22.0 Å². The van der Waals surface area contributed by atoms with Gasteiger partial charge in [-0.25, -0.2) is 9.67 Å². The van der Waals surface area contributed by atoms with Gasteiger partial charge in [0, 0.05) is 29.9 Å². The van der Waals surface area contributed by atoms with E-state index < -0.39 is 0 Å². The number of rotatable bonds is 3. The van der Waals surface area contributed by atoms with Crippen LogP contribution in [0.15, 0.2) is 42.6 Å². The standard InChI is InChI=1S/C22H19N5O2S/c1-12-7-8-14(11-23-12)19-15-9-10-16-21(30-22(25-16)24-13(2)28)20(15)27(26-19)17-5-3-4-6-18(17)29/h3-8,11,29H,9-10H2,1-2H3,(H,24,25,28). The minimum atomic E-state index is -0.151. The highest BCUT2D eigenvalue weighted by atomic mass is 32.1. The Kier molecular flexibility index (Phi) is 4.36. The van der Waals surface area contributed by atoms with Crippen LogP contribution in [0.4, 0.5) is 5.13 Å². The molecule has 5 rings (SSSR count). The molecule has 1 aliphatic carbocycles. The highest BCUT2D eigenvalue weighted by molar-refractivity contribution is 7.19. The number of pyridine rings is 1. The number of anilines is 1. The van der Waals surface area contributed by atoms with E-state index in [1.165, 1.54) is 18.3 Å². The van der Waals surface area contributed by atoms with Gasteiger partial charge in [-0.2, -0.15) is 5.10 Å². The van der Waals surface area contributed by atoms with Gasteiger partial charge in [-0.05, 0) is 44.0 Å². The molecule has 0 saturated heterocycles. The van der Waals surface area contributed by atoms with E-state index in [-0.39, 0.29) is 11.7 Å². The number of benzene rings is 1. The number of amides is 1. The molecule has 150 valence electrons. The van der Waals surface area contributed by atoms with E-state index in [9.17, 15) is 9.90 Å². The molecule has 0 unspecified atom stereocenters. The lowest BCUT2D eigenvalue weighted by Gasteiger charge is -2.14. The van der Waals surface area contributed by atoms with Crippen LogP contribution in [0.2, 0.25) is 0 Å². The van der Waals surface area contributed by atoms with Crippen LogP contribution in [0, 0.1) is 6.92 Å². The van der Waals surface area contributed by atoms with Crippen LogP contribution in [-0.2, 0) is 17.6 Å². The Morgan fingerprint density at radius 1 is 1.20 bits per heavy atom. The predicted octanol–water partition coefficient (Wildman–Crippen LogP) is 4.13. The summed E-state index contributed by atoms with van der Waals surface area (Å²) in [6, 6.07) is 11.1. The molecule has 4 aromatic rings. The summed E-state index contributed by atoms with van der Waals surface area (Å²) in [4.78, 5) is 21.5. The van der Waals surface area contributed by atoms with Crippen LogP contribution in [0.1, 0.15) is 23.9 Å². The summed E-state index contributed by atoms with van der Waals surface area (Å²) in [5, 5.41) is 18.8. The summed E-state index contributed by atoms with van der Waals surface area (Å²) in [5.74, 6) is -0.00273. The van der Waals surface area contributed by atoms with Crippen molar-refractivity contribution in [2.75, 3.05) is 5.32 Å². The molecule has 0 aliphatic heterocycles. The maximum absolute atomic E-state index is 11.5. The Balaban J connectivity index is 1.76. The van der Waals surface area contributed by atoms with Crippen molar-refractivity contribution in [1.82, 2.24) is 19.7 Å². The molecule has 1 aliphatic rings. The molecule has 0 bridgehead atoms. The number of aromatic nitrogens is 4. The summed E-state index contributed by atoms with van der Waals surface area (Å²) >= 11 is 1.43. The fraction of sp³-hybridized carbons (Fsp3) is 0.182. The van der Waals surface area contributed by atoms with Gasteiger partial charge in [-0.3, -0.25) is 9.78 Å². The average Bonchev–Trinajstić information content (AvgIpc) is 3.29. The summed E-state index contributed by atoms with van der Waals surface area (Å²) in [6.45, 7) is 3.42. The molecule has 0 atom stereocenters. The largest absolute Gasteiger partial charge is 0.506 e. The third-order valence-electron chi connectivity index (χ3n) is 5.09. The lowest BCUT2D eigenvalue weighted by atomic mass is 9.95. The molecule has 3 heterocycles. The number of aromatic hydroxyl groups is 1. The van der Waals surface area contributed by atoms with Crippen LogP contribution in [0.25, 0.3) is 27.5 Å². The normalized spacial score (nSPS) is 12.3. The Hall–Kier alpha value is -3.52. The van der Waals surface area contributed by atoms with Gasteiger partial charge in [0.2, 0.25) is 5.91 Å². The minimum absolute atomic E-state index is 0.148. The van der Waals surface area contributed by atoms with E-state index in [0.717, 1.165) is 51.6 Å². The van der Waals surface area contributed by atoms with Gasteiger partial charge in [0.25, 0.3) is 0 Å². The zero-order valence-electron chi connectivity index (χ0n) is 16.5. The Morgan fingerprint density at radius 2 is 2.03 bits per heavy atom. The van der Waals surface area contributed by atoms with Gasteiger partial charge in [0.15, 0.2) is 5.13 Å². The maximum atomic E-state index is 11.5. The zero-order valence-corrected chi connectivity index (χ0v) is 17.3. The molecule has 0 fully saturated rings. The number of fused-ring (bicyclic) bond motifs is 3. The topological polar surface area (TPSA) is 92.9 Å². The first-order valence-electron chi connectivity index (χ1n) is 9.62. The molecule has 0 radical (unpaired) electrons. The third kappa shape index (κ3) is 3.05. The van der Waals surface area contributed by atoms with Crippen LogP contribution >= 0.6 is 11.3 Å². The third-order valence-corrected chi connectivity index (χ3v) is 6.11. The molecule has 8 heteroatoms. The highest BCUT2D eigenvalue weighted by Crippen LogP contribution is 2.44. The molecule has 2 N–H and O–H groups in total. The summed E-state index contributed by atoms with van der Waals surface area (Å²) < 4.78 is 1.79.